The Hall–Kier alpha value is -1.35. The fraction of sp³-hybridized carbons (Fsp3) is 0.562. The largest absolute Gasteiger partial charge is 0.332 e. The van der Waals surface area contributed by atoms with Crippen molar-refractivity contribution in [2.45, 2.75) is 51.6 Å². The summed E-state index contributed by atoms with van der Waals surface area (Å²) < 4.78 is 0. The lowest BCUT2D eigenvalue weighted by molar-refractivity contribution is 0.0395. The Kier molecular flexibility index (Phi) is 3.95. The highest BCUT2D eigenvalue weighted by Gasteiger charge is 2.36. The van der Waals surface area contributed by atoms with Gasteiger partial charge >= 0.3 is 0 Å². The van der Waals surface area contributed by atoms with E-state index in [1.165, 1.54) is 5.56 Å². The van der Waals surface area contributed by atoms with E-state index in [9.17, 15) is 4.79 Å². The number of carbonyl (C=O) groups excluding carboxylic acids is 1. The van der Waals surface area contributed by atoms with Crippen molar-refractivity contribution in [1.29, 1.82) is 0 Å². The Morgan fingerprint density at radius 2 is 2.00 bits per heavy atom. The number of hydrogen-bond donors (Lipinski definition) is 1. The lowest BCUT2D eigenvalue weighted by Crippen LogP contribution is -2.56. The predicted molar refractivity (Wildman–Crippen MR) is 78.1 cm³/mol. The lowest BCUT2D eigenvalue weighted by atomic mass is 9.87. The number of amides is 1. The number of nitrogens with zero attached hydrogens (tertiary/aromatic N) is 1. The van der Waals surface area contributed by atoms with E-state index < -0.39 is 0 Å². The van der Waals surface area contributed by atoms with Gasteiger partial charge in [-0.2, -0.15) is 0 Å². The average molecular weight is 260 g/mol. The maximum atomic E-state index is 12.6. The van der Waals surface area contributed by atoms with Crippen molar-refractivity contribution in [2.75, 3.05) is 6.54 Å². The molecule has 3 heteroatoms. The van der Waals surface area contributed by atoms with E-state index in [-0.39, 0.29) is 17.5 Å². The molecule has 0 spiro atoms. The summed E-state index contributed by atoms with van der Waals surface area (Å²) in [5.74, 6) is 0.0998. The van der Waals surface area contributed by atoms with Gasteiger partial charge in [0.2, 0.25) is 0 Å². The van der Waals surface area contributed by atoms with Crippen LogP contribution in [0, 0.1) is 0 Å². The highest BCUT2D eigenvalue weighted by atomic mass is 16.2. The van der Waals surface area contributed by atoms with Crippen molar-refractivity contribution in [3.8, 4) is 0 Å². The van der Waals surface area contributed by atoms with Crippen LogP contribution in [0.1, 0.15) is 49.5 Å². The molecule has 1 amide bonds. The summed E-state index contributed by atoms with van der Waals surface area (Å²) in [7, 11) is 0. The SMILES string of the molecule is CCc1ccc(C(=O)N2CC(N)CCC2(C)C)cc1. The summed E-state index contributed by atoms with van der Waals surface area (Å²) in [6.07, 6.45) is 2.95. The zero-order chi connectivity index (χ0) is 14.0. The molecule has 0 saturated carbocycles. The average Bonchev–Trinajstić information content (AvgIpc) is 2.41. The molecule has 0 aliphatic carbocycles. The summed E-state index contributed by atoms with van der Waals surface area (Å²) in [5, 5.41) is 0. The maximum Gasteiger partial charge on any atom is 0.254 e. The number of carbonyl (C=O) groups is 1. The first-order valence-electron chi connectivity index (χ1n) is 7.10. The minimum Gasteiger partial charge on any atom is -0.332 e. The van der Waals surface area contributed by atoms with Crippen LogP contribution in [0.5, 0.6) is 0 Å². The van der Waals surface area contributed by atoms with Crippen LogP contribution in [0.25, 0.3) is 0 Å². The molecule has 1 heterocycles. The lowest BCUT2D eigenvalue weighted by Gasteiger charge is -2.44. The van der Waals surface area contributed by atoms with E-state index in [2.05, 4.69) is 20.8 Å². The molecule has 2 rings (SSSR count). The second-order valence-corrected chi connectivity index (χ2v) is 6.08. The molecule has 1 aromatic carbocycles. The Bertz CT molecular complexity index is 450. The minimum atomic E-state index is -0.101. The number of rotatable bonds is 2. The second kappa shape index (κ2) is 5.33. The van der Waals surface area contributed by atoms with E-state index >= 15 is 0 Å². The molecule has 0 bridgehead atoms. The van der Waals surface area contributed by atoms with Gasteiger partial charge in [-0.05, 0) is 50.8 Å². The van der Waals surface area contributed by atoms with Crippen LogP contribution >= 0.6 is 0 Å². The fourth-order valence-electron chi connectivity index (χ4n) is 2.64. The quantitative estimate of drug-likeness (QED) is 0.888. The van der Waals surface area contributed by atoms with Crippen molar-refractivity contribution in [3.63, 3.8) is 0 Å². The minimum absolute atomic E-state index is 0.0998. The molecule has 0 aromatic heterocycles. The number of likely N-dealkylation sites (tertiary alicyclic amines) is 1. The number of nitrogens with two attached hydrogens (primary N) is 1. The summed E-state index contributed by atoms with van der Waals surface area (Å²) >= 11 is 0. The van der Waals surface area contributed by atoms with E-state index in [1.54, 1.807) is 0 Å². The molecule has 1 unspecified atom stereocenters. The van der Waals surface area contributed by atoms with Crippen LogP contribution < -0.4 is 5.73 Å². The molecule has 1 aliphatic heterocycles. The van der Waals surface area contributed by atoms with Crippen LogP contribution in [0.15, 0.2) is 24.3 Å². The van der Waals surface area contributed by atoms with E-state index in [1.807, 2.05) is 29.2 Å². The van der Waals surface area contributed by atoms with Crippen molar-refractivity contribution >= 4 is 5.91 Å². The van der Waals surface area contributed by atoms with Gasteiger partial charge in [-0.15, -0.1) is 0 Å². The summed E-state index contributed by atoms with van der Waals surface area (Å²) in [6, 6.07) is 8.02. The van der Waals surface area contributed by atoms with Gasteiger partial charge in [0.1, 0.15) is 0 Å². The van der Waals surface area contributed by atoms with Crippen LogP contribution in [0.3, 0.4) is 0 Å². The zero-order valence-corrected chi connectivity index (χ0v) is 12.1. The van der Waals surface area contributed by atoms with Crippen molar-refractivity contribution < 1.29 is 4.79 Å². The molecular weight excluding hydrogens is 236 g/mol. The highest BCUT2D eigenvalue weighted by Crippen LogP contribution is 2.28. The van der Waals surface area contributed by atoms with Gasteiger partial charge in [0, 0.05) is 23.7 Å². The molecule has 19 heavy (non-hydrogen) atoms. The second-order valence-electron chi connectivity index (χ2n) is 6.08. The van der Waals surface area contributed by atoms with Crippen LogP contribution in [0.2, 0.25) is 0 Å². The van der Waals surface area contributed by atoms with Gasteiger partial charge in [-0.1, -0.05) is 19.1 Å². The third kappa shape index (κ3) is 2.98. The third-order valence-corrected chi connectivity index (χ3v) is 4.13. The van der Waals surface area contributed by atoms with Gasteiger partial charge in [-0.25, -0.2) is 0 Å². The Balaban J connectivity index is 2.21. The molecule has 1 aromatic rings. The predicted octanol–water partition coefficient (Wildman–Crippen LogP) is 2.59. The first-order valence-corrected chi connectivity index (χ1v) is 7.10. The van der Waals surface area contributed by atoms with Crippen molar-refractivity contribution in [2.24, 2.45) is 5.73 Å². The molecule has 1 aliphatic rings. The Morgan fingerprint density at radius 1 is 1.37 bits per heavy atom. The van der Waals surface area contributed by atoms with E-state index in [0.29, 0.717) is 6.54 Å². The van der Waals surface area contributed by atoms with Gasteiger partial charge < -0.3 is 10.6 Å². The molecular formula is C16H24N2O. The van der Waals surface area contributed by atoms with Crippen LogP contribution in [-0.4, -0.2) is 28.9 Å². The number of hydrogen-bond acceptors (Lipinski definition) is 2. The molecule has 1 fully saturated rings. The van der Waals surface area contributed by atoms with Gasteiger partial charge in [0.15, 0.2) is 0 Å². The Labute approximate surface area is 115 Å². The topological polar surface area (TPSA) is 46.3 Å². The molecule has 104 valence electrons. The van der Waals surface area contributed by atoms with E-state index in [0.717, 1.165) is 24.8 Å². The van der Waals surface area contributed by atoms with Gasteiger partial charge in [-0.3, -0.25) is 4.79 Å². The monoisotopic (exact) mass is 260 g/mol. The third-order valence-electron chi connectivity index (χ3n) is 4.13. The number of benzene rings is 1. The highest BCUT2D eigenvalue weighted by molar-refractivity contribution is 5.94. The summed E-state index contributed by atoms with van der Waals surface area (Å²) in [5.41, 5.74) is 7.93. The molecule has 2 N–H and O–H groups in total. The van der Waals surface area contributed by atoms with Gasteiger partial charge in [0.05, 0.1) is 0 Å². The van der Waals surface area contributed by atoms with Crippen LogP contribution in [-0.2, 0) is 6.42 Å². The zero-order valence-electron chi connectivity index (χ0n) is 12.1. The first kappa shape index (κ1) is 14.1. The van der Waals surface area contributed by atoms with Crippen molar-refractivity contribution in [1.82, 2.24) is 4.90 Å². The maximum absolute atomic E-state index is 12.6. The van der Waals surface area contributed by atoms with E-state index in [4.69, 9.17) is 5.73 Å². The van der Waals surface area contributed by atoms with Gasteiger partial charge in [0.25, 0.3) is 5.91 Å². The fourth-order valence-corrected chi connectivity index (χ4v) is 2.64. The Morgan fingerprint density at radius 3 is 2.58 bits per heavy atom. The van der Waals surface area contributed by atoms with Crippen LogP contribution in [0.4, 0.5) is 0 Å². The normalized spacial score (nSPS) is 22.3. The molecule has 1 saturated heterocycles. The smallest absolute Gasteiger partial charge is 0.254 e. The standard InChI is InChI=1S/C16H24N2O/c1-4-12-5-7-13(8-6-12)15(19)18-11-14(17)9-10-16(18,2)3/h5-8,14H,4,9-11,17H2,1-3H3. The summed E-state index contributed by atoms with van der Waals surface area (Å²) in [4.78, 5) is 14.6. The summed E-state index contributed by atoms with van der Waals surface area (Å²) in [6.45, 7) is 7.01. The number of piperidine rings is 1. The first-order chi connectivity index (χ1) is 8.94. The molecule has 3 nitrogen and oxygen atoms in total. The number of aryl methyl sites for hydroxylation is 1. The molecule has 0 radical (unpaired) electrons. The van der Waals surface area contributed by atoms with Crippen molar-refractivity contribution in [3.05, 3.63) is 35.4 Å². The molecule has 1 atom stereocenters.